The second-order valence-corrected chi connectivity index (χ2v) is 6.49. The van der Waals surface area contributed by atoms with Crippen LogP contribution in [-0.4, -0.2) is 35.3 Å². The van der Waals surface area contributed by atoms with Crippen molar-refractivity contribution in [2.45, 2.75) is 45.1 Å². The van der Waals surface area contributed by atoms with E-state index >= 15 is 0 Å². The summed E-state index contributed by atoms with van der Waals surface area (Å²) < 4.78 is 5.22. The monoisotopic (exact) mass is 370 g/mol. The van der Waals surface area contributed by atoms with Crippen molar-refractivity contribution < 1.29 is 19.4 Å². The minimum absolute atomic E-state index is 0.121. The van der Waals surface area contributed by atoms with Gasteiger partial charge in [0.25, 0.3) is 0 Å². The summed E-state index contributed by atoms with van der Waals surface area (Å²) in [6.45, 7) is 3.42. The first-order valence-corrected chi connectivity index (χ1v) is 8.95. The van der Waals surface area contributed by atoms with E-state index in [1.807, 2.05) is 60.7 Å². The number of ether oxygens (including phenoxy) is 1. The van der Waals surface area contributed by atoms with E-state index in [1.54, 1.807) is 13.8 Å². The van der Waals surface area contributed by atoms with E-state index in [1.165, 1.54) is 0 Å². The number of benzene rings is 2. The van der Waals surface area contributed by atoms with Crippen molar-refractivity contribution in [1.82, 2.24) is 10.6 Å². The quantitative estimate of drug-likeness (QED) is 0.666. The van der Waals surface area contributed by atoms with Crippen LogP contribution in [0.5, 0.6) is 0 Å². The van der Waals surface area contributed by atoms with E-state index in [4.69, 9.17) is 4.74 Å². The Kier molecular flexibility index (Phi) is 7.82. The fourth-order valence-electron chi connectivity index (χ4n) is 2.41. The standard InChI is InChI=1S/C21H26N2O4/c1-15(16(2)24)22-20(25)19(13-17-9-5-3-6-10-17)23-21(26)27-14-18-11-7-4-8-12-18/h3-12,15-16,19,24H,13-14H2,1-2H3,(H,22,25)(H,23,26)/t15-,16-,19-/m0/s1. The molecule has 2 amide bonds. The predicted octanol–water partition coefficient (Wildman–Crippen LogP) is 2.41. The molecular weight excluding hydrogens is 344 g/mol. The van der Waals surface area contributed by atoms with E-state index in [2.05, 4.69) is 10.6 Å². The van der Waals surface area contributed by atoms with Crippen LogP contribution in [0.4, 0.5) is 4.79 Å². The molecule has 0 bridgehead atoms. The molecule has 27 heavy (non-hydrogen) atoms. The Bertz CT molecular complexity index is 719. The fourth-order valence-corrected chi connectivity index (χ4v) is 2.41. The molecule has 0 saturated heterocycles. The van der Waals surface area contributed by atoms with Gasteiger partial charge in [-0.25, -0.2) is 4.79 Å². The lowest BCUT2D eigenvalue weighted by atomic mass is 10.0. The van der Waals surface area contributed by atoms with Crippen LogP contribution in [0.1, 0.15) is 25.0 Å². The third kappa shape index (κ3) is 7.11. The number of aliphatic hydroxyl groups is 1. The summed E-state index contributed by atoms with van der Waals surface area (Å²) in [4.78, 5) is 24.8. The lowest BCUT2D eigenvalue weighted by Gasteiger charge is -2.22. The maximum absolute atomic E-state index is 12.6. The zero-order valence-electron chi connectivity index (χ0n) is 15.6. The predicted molar refractivity (Wildman–Crippen MR) is 103 cm³/mol. The summed E-state index contributed by atoms with van der Waals surface area (Å²) in [7, 11) is 0. The number of hydrogen-bond donors (Lipinski definition) is 3. The molecule has 144 valence electrons. The second-order valence-electron chi connectivity index (χ2n) is 6.49. The first-order chi connectivity index (χ1) is 13.0. The molecule has 0 aromatic heterocycles. The molecule has 0 fully saturated rings. The van der Waals surface area contributed by atoms with Gasteiger partial charge in [0, 0.05) is 6.42 Å². The molecule has 0 radical (unpaired) electrons. The maximum Gasteiger partial charge on any atom is 0.408 e. The van der Waals surface area contributed by atoms with Gasteiger partial charge in [0.1, 0.15) is 12.6 Å². The van der Waals surface area contributed by atoms with Gasteiger partial charge >= 0.3 is 6.09 Å². The summed E-state index contributed by atoms with van der Waals surface area (Å²) in [5, 5.41) is 15.0. The third-order valence-electron chi connectivity index (χ3n) is 4.20. The van der Waals surface area contributed by atoms with Gasteiger partial charge in [0.05, 0.1) is 12.1 Å². The topological polar surface area (TPSA) is 87.7 Å². The SMILES string of the molecule is C[C@H](O)[C@H](C)NC(=O)[C@H](Cc1ccccc1)NC(=O)OCc1ccccc1. The molecule has 0 aliphatic heterocycles. The Morgan fingerprint density at radius 1 is 0.926 bits per heavy atom. The number of nitrogens with one attached hydrogen (secondary N) is 2. The second kappa shape index (κ2) is 10.3. The van der Waals surface area contributed by atoms with Crippen molar-refractivity contribution in [2.24, 2.45) is 0 Å². The number of hydrogen-bond acceptors (Lipinski definition) is 4. The third-order valence-corrected chi connectivity index (χ3v) is 4.20. The number of alkyl carbamates (subject to hydrolysis) is 1. The van der Waals surface area contributed by atoms with Gasteiger partial charge in [-0.15, -0.1) is 0 Å². The Morgan fingerprint density at radius 3 is 2.04 bits per heavy atom. The van der Waals surface area contributed by atoms with E-state index in [9.17, 15) is 14.7 Å². The normalized spacial score (nSPS) is 13.9. The Labute approximate surface area is 159 Å². The minimum Gasteiger partial charge on any atom is -0.445 e. The highest BCUT2D eigenvalue weighted by atomic mass is 16.5. The number of amides is 2. The highest BCUT2D eigenvalue weighted by Gasteiger charge is 2.24. The van der Waals surface area contributed by atoms with Gasteiger partial charge in [0.2, 0.25) is 5.91 Å². The maximum atomic E-state index is 12.6. The van der Waals surface area contributed by atoms with E-state index in [-0.39, 0.29) is 12.5 Å². The molecule has 0 spiro atoms. The average molecular weight is 370 g/mol. The molecule has 3 atom stereocenters. The molecule has 2 rings (SSSR count). The van der Waals surface area contributed by atoms with Crippen LogP contribution in [0.3, 0.4) is 0 Å². The highest BCUT2D eigenvalue weighted by Crippen LogP contribution is 2.06. The van der Waals surface area contributed by atoms with Gasteiger partial charge in [-0.3, -0.25) is 4.79 Å². The molecule has 2 aromatic rings. The number of rotatable bonds is 8. The van der Waals surface area contributed by atoms with Gasteiger partial charge in [-0.1, -0.05) is 60.7 Å². The molecule has 0 saturated carbocycles. The fraction of sp³-hybridized carbons (Fsp3) is 0.333. The summed E-state index contributed by atoms with van der Waals surface area (Å²) in [5.41, 5.74) is 1.77. The number of aliphatic hydroxyl groups excluding tert-OH is 1. The number of carbonyl (C=O) groups is 2. The first kappa shape index (κ1) is 20.5. The van der Waals surface area contributed by atoms with Crippen LogP contribution in [0.2, 0.25) is 0 Å². The van der Waals surface area contributed by atoms with Gasteiger partial charge in [-0.05, 0) is 25.0 Å². The average Bonchev–Trinajstić information content (AvgIpc) is 2.67. The van der Waals surface area contributed by atoms with Crippen molar-refractivity contribution in [3.63, 3.8) is 0 Å². The van der Waals surface area contributed by atoms with Crippen molar-refractivity contribution in [3.05, 3.63) is 71.8 Å². The van der Waals surface area contributed by atoms with E-state index < -0.39 is 24.3 Å². The van der Waals surface area contributed by atoms with Crippen molar-refractivity contribution in [2.75, 3.05) is 0 Å². The Balaban J connectivity index is 1.99. The Hall–Kier alpha value is -2.86. The van der Waals surface area contributed by atoms with Crippen LogP contribution in [0.25, 0.3) is 0 Å². The highest BCUT2D eigenvalue weighted by molar-refractivity contribution is 5.86. The van der Waals surface area contributed by atoms with Crippen LogP contribution in [0.15, 0.2) is 60.7 Å². The molecule has 6 nitrogen and oxygen atoms in total. The lowest BCUT2D eigenvalue weighted by molar-refractivity contribution is -0.124. The van der Waals surface area contributed by atoms with Gasteiger partial charge in [0.15, 0.2) is 0 Å². The molecule has 0 aliphatic carbocycles. The van der Waals surface area contributed by atoms with E-state index in [0.717, 1.165) is 11.1 Å². The minimum atomic E-state index is -0.808. The molecule has 0 unspecified atom stereocenters. The zero-order chi connectivity index (χ0) is 19.6. The van der Waals surface area contributed by atoms with Crippen LogP contribution in [0, 0.1) is 0 Å². The summed E-state index contributed by atoms with van der Waals surface area (Å²) in [6.07, 6.45) is -1.05. The molecule has 6 heteroatoms. The van der Waals surface area contributed by atoms with Gasteiger partial charge < -0.3 is 20.5 Å². The number of carbonyl (C=O) groups excluding carboxylic acids is 2. The zero-order valence-corrected chi connectivity index (χ0v) is 15.6. The van der Waals surface area contributed by atoms with Crippen molar-refractivity contribution in [1.29, 1.82) is 0 Å². The lowest BCUT2D eigenvalue weighted by Crippen LogP contribution is -2.52. The van der Waals surface area contributed by atoms with Crippen molar-refractivity contribution in [3.8, 4) is 0 Å². The summed E-state index contributed by atoms with van der Waals surface area (Å²) in [6, 6.07) is 17.5. The molecule has 0 aliphatic rings. The summed E-state index contributed by atoms with van der Waals surface area (Å²) in [5.74, 6) is -0.371. The molecular formula is C21H26N2O4. The summed E-state index contributed by atoms with van der Waals surface area (Å²) >= 11 is 0. The van der Waals surface area contributed by atoms with Crippen LogP contribution >= 0.6 is 0 Å². The molecule has 0 heterocycles. The van der Waals surface area contributed by atoms with Crippen LogP contribution in [-0.2, 0) is 22.6 Å². The smallest absolute Gasteiger partial charge is 0.408 e. The molecule has 2 aromatic carbocycles. The van der Waals surface area contributed by atoms with E-state index in [0.29, 0.717) is 6.42 Å². The molecule has 3 N–H and O–H groups in total. The van der Waals surface area contributed by atoms with Crippen molar-refractivity contribution >= 4 is 12.0 Å². The van der Waals surface area contributed by atoms with Crippen LogP contribution < -0.4 is 10.6 Å². The Morgan fingerprint density at radius 2 is 1.48 bits per heavy atom. The van der Waals surface area contributed by atoms with Gasteiger partial charge in [-0.2, -0.15) is 0 Å². The largest absolute Gasteiger partial charge is 0.445 e. The first-order valence-electron chi connectivity index (χ1n) is 8.95.